The zero-order valence-electron chi connectivity index (χ0n) is 16.2. The average molecular weight is 438 g/mol. The molecule has 2 aliphatic heterocycles. The van der Waals surface area contributed by atoms with Gasteiger partial charge in [-0.1, -0.05) is 6.07 Å². The molecule has 0 aliphatic carbocycles. The van der Waals surface area contributed by atoms with Crippen LogP contribution in [0.15, 0.2) is 48.9 Å². The largest absolute Gasteiger partial charge is 0.345 e. The average Bonchev–Trinajstić information content (AvgIpc) is 3.33. The highest BCUT2D eigenvalue weighted by Gasteiger charge is 2.35. The lowest BCUT2D eigenvalue weighted by Gasteiger charge is -2.06. The number of fused-ring (bicyclic) bond motifs is 1. The van der Waals surface area contributed by atoms with Gasteiger partial charge in [0.25, 0.3) is 11.8 Å². The van der Waals surface area contributed by atoms with Gasteiger partial charge in [-0.05, 0) is 29.8 Å². The highest BCUT2D eigenvalue weighted by molar-refractivity contribution is 6.49. The summed E-state index contributed by atoms with van der Waals surface area (Å²) in [5.74, 6) is -1.34. The first-order valence-corrected chi connectivity index (χ1v) is 9.66. The number of rotatable bonds is 2. The number of nitrogens with zero attached hydrogens (tertiary/aromatic N) is 3. The van der Waals surface area contributed by atoms with Gasteiger partial charge in [0.2, 0.25) is 0 Å². The van der Waals surface area contributed by atoms with Gasteiger partial charge in [0.05, 0.1) is 28.6 Å². The Balaban J connectivity index is 0.00000204. The number of aromatic nitrogens is 3. The fourth-order valence-electron chi connectivity index (χ4n) is 4.50. The maximum Gasteiger partial charge on any atom is 0.261 e. The zero-order chi connectivity index (χ0) is 20.4. The summed E-state index contributed by atoms with van der Waals surface area (Å²) in [6.45, 7) is 1.95. The maximum absolute atomic E-state index is 14.4. The molecule has 9 heteroatoms. The van der Waals surface area contributed by atoms with Crippen molar-refractivity contribution in [2.75, 3.05) is 6.54 Å². The van der Waals surface area contributed by atoms with E-state index in [0.717, 1.165) is 17.6 Å². The van der Waals surface area contributed by atoms with Crippen LogP contribution in [-0.2, 0) is 22.7 Å². The molecule has 2 N–H and O–H groups in total. The molecule has 0 unspecified atom stereocenters. The Bertz CT molecular complexity index is 1430. The van der Waals surface area contributed by atoms with Gasteiger partial charge in [0, 0.05) is 43.0 Å². The summed E-state index contributed by atoms with van der Waals surface area (Å²) >= 11 is 0. The van der Waals surface area contributed by atoms with E-state index in [-0.39, 0.29) is 29.4 Å². The summed E-state index contributed by atoms with van der Waals surface area (Å²) in [7, 11) is 0. The monoisotopic (exact) mass is 437 g/mol. The smallest absolute Gasteiger partial charge is 0.261 e. The SMILES string of the molecule is Cl.O=C1NC(=O)C(c2cnc3ccccn23)=C1c1cn2c3c(cc(F)cc13)CNCC2. The molecule has 3 aromatic heterocycles. The van der Waals surface area contributed by atoms with Crippen LogP contribution in [0.1, 0.15) is 16.8 Å². The van der Waals surface area contributed by atoms with Gasteiger partial charge >= 0.3 is 0 Å². The van der Waals surface area contributed by atoms with Crippen LogP contribution < -0.4 is 10.6 Å². The molecular formula is C22H17ClFN5O2. The first-order chi connectivity index (χ1) is 14.6. The Kier molecular flexibility index (Phi) is 4.42. The van der Waals surface area contributed by atoms with Crippen LogP contribution in [0.4, 0.5) is 4.39 Å². The van der Waals surface area contributed by atoms with Gasteiger partial charge in [0.15, 0.2) is 0 Å². The van der Waals surface area contributed by atoms with E-state index >= 15 is 0 Å². The number of halogens is 2. The highest BCUT2D eigenvalue weighted by Crippen LogP contribution is 2.37. The van der Waals surface area contributed by atoms with Gasteiger partial charge in [-0.2, -0.15) is 0 Å². The van der Waals surface area contributed by atoms with E-state index in [1.165, 1.54) is 12.1 Å². The first-order valence-electron chi connectivity index (χ1n) is 9.66. The second-order valence-electron chi connectivity index (χ2n) is 7.48. The summed E-state index contributed by atoms with van der Waals surface area (Å²) in [4.78, 5) is 30.0. The maximum atomic E-state index is 14.4. The molecule has 0 fully saturated rings. The van der Waals surface area contributed by atoms with Crippen LogP contribution in [-0.4, -0.2) is 32.3 Å². The van der Waals surface area contributed by atoms with Gasteiger partial charge < -0.3 is 9.88 Å². The standard InChI is InChI=1S/C22H16FN5O2.ClH/c23-13-7-12-9-24-4-6-27-11-15(14(8-13)20(12)27)18-19(22(30)26-21(18)29)16-10-25-17-3-1-2-5-28(16)17;/h1-3,5,7-8,10-11,24H,4,6,9H2,(H,26,29,30);1H. The Morgan fingerprint density at radius 3 is 2.81 bits per heavy atom. The molecule has 6 rings (SSSR count). The Morgan fingerprint density at radius 2 is 1.94 bits per heavy atom. The molecule has 2 amide bonds. The van der Waals surface area contributed by atoms with Crippen molar-refractivity contribution in [2.24, 2.45) is 0 Å². The lowest BCUT2D eigenvalue weighted by atomic mass is 9.98. The van der Waals surface area contributed by atoms with Crippen LogP contribution >= 0.6 is 12.4 Å². The third-order valence-electron chi connectivity index (χ3n) is 5.73. The molecule has 0 spiro atoms. The molecule has 156 valence electrons. The molecule has 0 radical (unpaired) electrons. The number of hydrogen-bond acceptors (Lipinski definition) is 4. The molecule has 0 saturated carbocycles. The quantitative estimate of drug-likeness (QED) is 0.472. The van der Waals surface area contributed by atoms with Gasteiger partial charge in [0.1, 0.15) is 11.5 Å². The molecular weight excluding hydrogens is 421 g/mol. The number of carbonyl (C=O) groups excluding carboxylic acids is 2. The molecule has 2 aliphatic rings. The Labute approximate surface area is 182 Å². The number of imide groups is 1. The zero-order valence-corrected chi connectivity index (χ0v) is 17.0. The minimum atomic E-state index is -0.485. The van der Waals surface area contributed by atoms with Crippen LogP contribution in [0.5, 0.6) is 0 Å². The third-order valence-corrected chi connectivity index (χ3v) is 5.73. The van der Waals surface area contributed by atoms with E-state index in [1.807, 2.05) is 29.0 Å². The van der Waals surface area contributed by atoms with E-state index in [4.69, 9.17) is 0 Å². The van der Waals surface area contributed by atoms with Crippen molar-refractivity contribution in [1.82, 2.24) is 24.6 Å². The summed E-state index contributed by atoms with van der Waals surface area (Å²) in [5.41, 5.74) is 3.96. The van der Waals surface area contributed by atoms with Gasteiger partial charge in [-0.25, -0.2) is 9.37 Å². The minimum absolute atomic E-state index is 0. The fraction of sp³-hybridized carbons (Fsp3) is 0.136. The number of pyridine rings is 1. The van der Waals surface area contributed by atoms with Crippen LogP contribution in [0, 0.1) is 5.82 Å². The molecule has 5 heterocycles. The van der Waals surface area contributed by atoms with Crippen LogP contribution in [0.3, 0.4) is 0 Å². The van der Waals surface area contributed by atoms with E-state index in [9.17, 15) is 14.0 Å². The van der Waals surface area contributed by atoms with E-state index in [2.05, 4.69) is 15.6 Å². The fourth-order valence-corrected chi connectivity index (χ4v) is 4.50. The second kappa shape index (κ2) is 7.04. The van der Waals surface area contributed by atoms with Crippen molar-refractivity contribution in [3.63, 3.8) is 0 Å². The highest BCUT2D eigenvalue weighted by atomic mass is 35.5. The minimum Gasteiger partial charge on any atom is -0.345 e. The van der Waals surface area contributed by atoms with Crippen molar-refractivity contribution in [2.45, 2.75) is 13.1 Å². The summed E-state index contributed by atoms with van der Waals surface area (Å²) in [6, 6.07) is 8.46. The number of amides is 2. The molecule has 1 aromatic carbocycles. The van der Waals surface area contributed by atoms with Gasteiger partial charge in [-0.15, -0.1) is 12.4 Å². The van der Waals surface area contributed by atoms with Crippen molar-refractivity contribution in [1.29, 1.82) is 0 Å². The molecule has 31 heavy (non-hydrogen) atoms. The molecule has 7 nitrogen and oxygen atoms in total. The Hall–Kier alpha value is -3.49. The lowest BCUT2D eigenvalue weighted by Crippen LogP contribution is -2.23. The topological polar surface area (TPSA) is 80.4 Å². The first kappa shape index (κ1) is 19.5. The van der Waals surface area contributed by atoms with E-state index in [1.54, 1.807) is 16.8 Å². The van der Waals surface area contributed by atoms with Crippen molar-refractivity contribution in [3.05, 3.63) is 71.6 Å². The number of nitrogens with one attached hydrogen (secondary N) is 2. The molecule has 0 bridgehead atoms. The third kappa shape index (κ3) is 2.79. The number of hydrogen-bond donors (Lipinski definition) is 2. The van der Waals surface area contributed by atoms with Crippen LogP contribution in [0.2, 0.25) is 0 Å². The predicted octanol–water partition coefficient (Wildman–Crippen LogP) is 2.52. The molecule has 0 saturated heterocycles. The summed E-state index contributed by atoms with van der Waals surface area (Å²) < 4.78 is 18.2. The Morgan fingerprint density at radius 1 is 1.10 bits per heavy atom. The lowest BCUT2D eigenvalue weighted by molar-refractivity contribution is -0.122. The number of carbonyl (C=O) groups is 2. The second-order valence-corrected chi connectivity index (χ2v) is 7.48. The number of imidazole rings is 1. The van der Waals surface area contributed by atoms with Crippen molar-refractivity contribution < 1.29 is 14.0 Å². The van der Waals surface area contributed by atoms with Gasteiger partial charge in [-0.3, -0.25) is 19.3 Å². The summed E-state index contributed by atoms with van der Waals surface area (Å²) in [6.07, 6.45) is 5.22. The van der Waals surface area contributed by atoms with Crippen LogP contribution in [0.25, 0.3) is 27.7 Å². The van der Waals surface area contributed by atoms with E-state index < -0.39 is 11.8 Å². The number of benzene rings is 1. The van der Waals surface area contributed by atoms with Crippen molar-refractivity contribution in [3.8, 4) is 0 Å². The molecule has 4 aromatic rings. The summed E-state index contributed by atoms with van der Waals surface area (Å²) in [5, 5.41) is 6.31. The molecule has 0 atom stereocenters. The predicted molar refractivity (Wildman–Crippen MR) is 116 cm³/mol. The normalized spacial score (nSPS) is 16.0. The van der Waals surface area contributed by atoms with Crippen molar-refractivity contribution >= 4 is 51.9 Å². The van der Waals surface area contributed by atoms with E-state index in [0.29, 0.717) is 35.4 Å².